The van der Waals surface area contributed by atoms with Gasteiger partial charge in [-0.05, 0) is 62.7 Å². The summed E-state index contributed by atoms with van der Waals surface area (Å²) in [6, 6.07) is 14.6. The molecule has 7 heteroatoms. The maximum atomic E-state index is 13.2. The Hall–Kier alpha value is -4.00. The van der Waals surface area contributed by atoms with E-state index in [1.807, 2.05) is 39.0 Å². The highest BCUT2D eigenvalue weighted by Crippen LogP contribution is 2.43. The van der Waals surface area contributed by atoms with Crippen LogP contribution in [0, 0.1) is 6.92 Å². The van der Waals surface area contributed by atoms with Crippen LogP contribution in [0.15, 0.2) is 70.9 Å². The zero-order chi connectivity index (χ0) is 23.5. The molecule has 3 aromatic rings. The summed E-state index contributed by atoms with van der Waals surface area (Å²) >= 11 is 0. The number of aryl methyl sites for hydroxylation is 1. The number of rotatable bonds is 7. The average Bonchev–Trinajstić information content (AvgIpc) is 3.41. The summed E-state index contributed by atoms with van der Waals surface area (Å²) in [5, 5.41) is 11.3. The minimum absolute atomic E-state index is 0.0680. The normalized spacial score (nSPS) is 17.4. The van der Waals surface area contributed by atoms with Gasteiger partial charge in [-0.2, -0.15) is 0 Å². The first kappa shape index (κ1) is 22.2. The van der Waals surface area contributed by atoms with Crippen LogP contribution < -0.4 is 14.4 Å². The van der Waals surface area contributed by atoms with Crippen LogP contribution in [0.4, 0.5) is 5.69 Å². The molecule has 0 bridgehead atoms. The SMILES string of the molecule is CCOc1ccc(/C(O)=C2/C(=O)C(=O)N(c3cccc(C)c3)C2c2ccco2)c(OCC)c1. The first-order valence-electron chi connectivity index (χ1n) is 10.8. The standard InChI is InChI=1S/C26H25NO6/c1-4-31-18-11-12-19(21(15-18)32-5-2)24(28)22-23(20-10-7-13-33-20)27(26(30)25(22)29)17-9-6-8-16(3)14-17/h6-15,23,28H,4-5H2,1-3H3/b24-22-. The number of nitrogens with zero attached hydrogens (tertiary/aromatic N) is 1. The Bertz CT molecular complexity index is 1210. The molecule has 4 rings (SSSR count). The number of ketones is 1. The predicted molar refractivity (Wildman–Crippen MR) is 123 cm³/mol. The molecule has 1 aromatic heterocycles. The molecule has 1 aliphatic rings. The zero-order valence-corrected chi connectivity index (χ0v) is 18.7. The third kappa shape index (κ3) is 4.09. The fourth-order valence-electron chi connectivity index (χ4n) is 3.97. The molecule has 1 N–H and O–H groups in total. The first-order valence-corrected chi connectivity index (χ1v) is 10.8. The maximum absolute atomic E-state index is 13.2. The Morgan fingerprint density at radius 3 is 2.48 bits per heavy atom. The molecule has 1 aliphatic heterocycles. The van der Waals surface area contributed by atoms with Crippen LogP contribution >= 0.6 is 0 Å². The number of Topliss-reactive ketones (excluding diaryl/α,β-unsaturated/α-hetero) is 1. The largest absolute Gasteiger partial charge is 0.507 e. The molecule has 33 heavy (non-hydrogen) atoms. The van der Waals surface area contributed by atoms with Gasteiger partial charge < -0.3 is 19.0 Å². The third-order valence-corrected chi connectivity index (χ3v) is 5.36. The van der Waals surface area contributed by atoms with Crippen LogP contribution in [0.3, 0.4) is 0 Å². The number of carbonyl (C=O) groups excluding carboxylic acids is 2. The summed E-state index contributed by atoms with van der Waals surface area (Å²) in [6.07, 6.45) is 1.47. The number of aliphatic hydroxyl groups is 1. The van der Waals surface area contributed by atoms with Crippen LogP contribution in [0.2, 0.25) is 0 Å². The Balaban J connectivity index is 1.91. The van der Waals surface area contributed by atoms with Gasteiger partial charge in [0, 0.05) is 11.8 Å². The molecule has 2 aromatic carbocycles. The van der Waals surface area contributed by atoms with Crippen LogP contribution in [0.1, 0.15) is 36.8 Å². The predicted octanol–water partition coefficient (Wildman–Crippen LogP) is 5.01. The lowest BCUT2D eigenvalue weighted by Crippen LogP contribution is -2.29. The van der Waals surface area contributed by atoms with Gasteiger partial charge in [-0.15, -0.1) is 0 Å². The van der Waals surface area contributed by atoms with Crippen molar-refractivity contribution in [3.8, 4) is 11.5 Å². The summed E-state index contributed by atoms with van der Waals surface area (Å²) in [7, 11) is 0. The van der Waals surface area contributed by atoms with E-state index in [4.69, 9.17) is 13.9 Å². The molecule has 1 amide bonds. The van der Waals surface area contributed by atoms with E-state index in [0.29, 0.717) is 41.7 Å². The van der Waals surface area contributed by atoms with Crippen LogP contribution in [0.5, 0.6) is 11.5 Å². The van der Waals surface area contributed by atoms with Gasteiger partial charge >= 0.3 is 0 Å². The highest BCUT2D eigenvalue weighted by atomic mass is 16.5. The number of hydrogen-bond donors (Lipinski definition) is 1. The van der Waals surface area contributed by atoms with E-state index < -0.39 is 17.7 Å². The summed E-state index contributed by atoms with van der Waals surface area (Å²) < 4.78 is 16.8. The minimum Gasteiger partial charge on any atom is -0.507 e. The molecule has 7 nitrogen and oxygen atoms in total. The lowest BCUT2D eigenvalue weighted by atomic mass is 9.98. The lowest BCUT2D eigenvalue weighted by molar-refractivity contribution is -0.132. The van der Waals surface area contributed by atoms with Gasteiger partial charge in [0.2, 0.25) is 0 Å². The van der Waals surface area contributed by atoms with E-state index in [-0.39, 0.29) is 11.3 Å². The number of aliphatic hydroxyl groups excluding tert-OH is 1. The molecule has 2 heterocycles. The first-order chi connectivity index (χ1) is 16.0. The Labute approximate surface area is 191 Å². The highest BCUT2D eigenvalue weighted by molar-refractivity contribution is 6.51. The second kappa shape index (κ2) is 9.24. The summed E-state index contributed by atoms with van der Waals surface area (Å²) in [4.78, 5) is 27.7. The van der Waals surface area contributed by atoms with Gasteiger partial charge in [0.05, 0.1) is 30.6 Å². The number of ether oxygens (including phenoxy) is 2. The van der Waals surface area contributed by atoms with E-state index in [9.17, 15) is 14.7 Å². The van der Waals surface area contributed by atoms with Gasteiger partial charge in [-0.1, -0.05) is 12.1 Å². The van der Waals surface area contributed by atoms with Crippen LogP contribution in [0.25, 0.3) is 5.76 Å². The molecule has 1 unspecified atom stereocenters. The smallest absolute Gasteiger partial charge is 0.300 e. The number of carbonyl (C=O) groups is 2. The van der Waals surface area contributed by atoms with Crippen LogP contribution in [-0.2, 0) is 9.59 Å². The average molecular weight is 447 g/mol. The topological polar surface area (TPSA) is 89.2 Å². The molecule has 0 spiro atoms. The molecule has 1 atom stereocenters. The number of benzene rings is 2. The Morgan fingerprint density at radius 2 is 1.82 bits per heavy atom. The van der Waals surface area contributed by atoms with Crippen molar-refractivity contribution in [1.82, 2.24) is 0 Å². The second-order valence-corrected chi connectivity index (χ2v) is 7.55. The molecule has 0 aliphatic carbocycles. The summed E-state index contributed by atoms with van der Waals surface area (Å²) in [5.41, 5.74) is 1.69. The Morgan fingerprint density at radius 1 is 1.03 bits per heavy atom. The van der Waals surface area contributed by atoms with E-state index in [1.165, 1.54) is 11.2 Å². The third-order valence-electron chi connectivity index (χ3n) is 5.36. The van der Waals surface area contributed by atoms with E-state index in [1.54, 1.807) is 36.4 Å². The van der Waals surface area contributed by atoms with Crippen molar-refractivity contribution in [3.63, 3.8) is 0 Å². The molecule has 0 radical (unpaired) electrons. The zero-order valence-electron chi connectivity index (χ0n) is 18.7. The summed E-state index contributed by atoms with van der Waals surface area (Å²) in [6.45, 7) is 6.39. The van der Waals surface area contributed by atoms with E-state index in [0.717, 1.165) is 5.56 Å². The van der Waals surface area contributed by atoms with E-state index in [2.05, 4.69) is 0 Å². The molecular formula is C26H25NO6. The van der Waals surface area contributed by atoms with Crippen molar-refractivity contribution in [2.45, 2.75) is 26.8 Å². The fourth-order valence-corrected chi connectivity index (χ4v) is 3.97. The van der Waals surface area contributed by atoms with Crippen molar-refractivity contribution in [2.24, 2.45) is 0 Å². The molecule has 1 fully saturated rings. The Kier molecular flexibility index (Phi) is 6.22. The fraction of sp³-hybridized carbons (Fsp3) is 0.231. The molecule has 0 saturated carbocycles. The monoisotopic (exact) mass is 447 g/mol. The number of hydrogen-bond acceptors (Lipinski definition) is 6. The number of amides is 1. The highest BCUT2D eigenvalue weighted by Gasteiger charge is 2.48. The molecule has 1 saturated heterocycles. The van der Waals surface area contributed by atoms with Crippen molar-refractivity contribution in [3.05, 3.63) is 83.3 Å². The number of furan rings is 1. The maximum Gasteiger partial charge on any atom is 0.300 e. The van der Waals surface area contributed by atoms with Gasteiger partial charge in [0.15, 0.2) is 0 Å². The van der Waals surface area contributed by atoms with Gasteiger partial charge in [-0.25, -0.2) is 0 Å². The van der Waals surface area contributed by atoms with Gasteiger partial charge in [0.25, 0.3) is 11.7 Å². The van der Waals surface area contributed by atoms with Crippen LogP contribution in [-0.4, -0.2) is 30.0 Å². The quantitative estimate of drug-likeness (QED) is 0.311. The lowest BCUT2D eigenvalue weighted by Gasteiger charge is -2.24. The van der Waals surface area contributed by atoms with Gasteiger partial charge in [0.1, 0.15) is 29.1 Å². The van der Waals surface area contributed by atoms with Gasteiger partial charge in [-0.3, -0.25) is 14.5 Å². The second-order valence-electron chi connectivity index (χ2n) is 7.55. The van der Waals surface area contributed by atoms with Crippen molar-refractivity contribution in [1.29, 1.82) is 0 Å². The van der Waals surface area contributed by atoms with Crippen molar-refractivity contribution >= 4 is 23.1 Å². The van der Waals surface area contributed by atoms with E-state index >= 15 is 0 Å². The van der Waals surface area contributed by atoms with Crippen molar-refractivity contribution < 1.29 is 28.6 Å². The molecule has 170 valence electrons. The molecular weight excluding hydrogens is 422 g/mol. The van der Waals surface area contributed by atoms with Crippen molar-refractivity contribution in [2.75, 3.05) is 18.1 Å². The summed E-state index contributed by atoms with van der Waals surface area (Å²) in [5.74, 6) is -0.599. The minimum atomic E-state index is -0.928. The number of anilines is 1.